The predicted molar refractivity (Wildman–Crippen MR) is 77.1 cm³/mol. The average Bonchev–Trinajstić information content (AvgIpc) is 2.80. The molecule has 1 atom stereocenters. The molecule has 1 heterocycles. The van der Waals surface area contributed by atoms with Crippen LogP contribution in [0.4, 0.5) is 5.69 Å². The SMILES string of the molecule is Cc1ccc(N(C)S(=O)(=O)C[C@H]2CCCO2)c(C)c1. The van der Waals surface area contributed by atoms with Gasteiger partial charge >= 0.3 is 0 Å². The summed E-state index contributed by atoms with van der Waals surface area (Å²) in [6.07, 6.45) is 1.63. The number of ether oxygens (including phenoxy) is 1. The smallest absolute Gasteiger partial charge is 0.237 e. The minimum absolute atomic E-state index is 0.0663. The Bertz CT molecular complexity index is 548. The van der Waals surface area contributed by atoms with E-state index in [2.05, 4.69) is 0 Å². The second-order valence-electron chi connectivity index (χ2n) is 5.17. The van der Waals surface area contributed by atoms with Gasteiger partial charge in [-0.25, -0.2) is 8.42 Å². The van der Waals surface area contributed by atoms with Crippen molar-refractivity contribution in [2.75, 3.05) is 23.7 Å². The molecule has 1 saturated heterocycles. The molecule has 1 aliphatic heterocycles. The van der Waals surface area contributed by atoms with Crippen molar-refractivity contribution in [3.63, 3.8) is 0 Å². The van der Waals surface area contributed by atoms with Gasteiger partial charge in [0.25, 0.3) is 0 Å². The Morgan fingerprint density at radius 2 is 2.11 bits per heavy atom. The van der Waals surface area contributed by atoms with Crippen molar-refractivity contribution in [1.29, 1.82) is 0 Å². The van der Waals surface area contributed by atoms with Crippen molar-refractivity contribution in [3.8, 4) is 0 Å². The maximum Gasteiger partial charge on any atom is 0.237 e. The van der Waals surface area contributed by atoms with E-state index in [9.17, 15) is 8.42 Å². The molecule has 0 radical (unpaired) electrons. The second kappa shape index (κ2) is 5.51. The van der Waals surface area contributed by atoms with E-state index in [1.54, 1.807) is 7.05 Å². The molecular weight excluding hydrogens is 262 g/mol. The van der Waals surface area contributed by atoms with Crippen LogP contribution in [0.5, 0.6) is 0 Å². The molecule has 4 nitrogen and oxygen atoms in total. The van der Waals surface area contributed by atoms with Gasteiger partial charge in [0, 0.05) is 13.7 Å². The van der Waals surface area contributed by atoms with Crippen LogP contribution in [0.3, 0.4) is 0 Å². The van der Waals surface area contributed by atoms with E-state index in [1.807, 2.05) is 32.0 Å². The molecule has 106 valence electrons. The predicted octanol–water partition coefficient (Wildman–Crippen LogP) is 2.25. The van der Waals surface area contributed by atoms with Crippen LogP contribution in [0.25, 0.3) is 0 Å². The van der Waals surface area contributed by atoms with Crippen molar-refractivity contribution in [2.45, 2.75) is 32.8 Å². The van der Waals surface area contributed by atoms with Gasteiger partial charge in [-0.2, -0.15) is 0 Å². The van der Waals surface area contributed by atoms with Crippen LogP contribution < -0.4 is 4.31 Å². The summed E-state index contributed by atoms with van der Waals surface area (Å²) in [5.74, 6) is 0.0663. The van der Waals surface area contributed by atoms with E-state index in [0.717, 1.165) is 29.7 Å². The number of hydrogen-bond acceptors (Lipinski definition) is 3. The topological polar surface area (TPSA) is 46.6 Å². The van der Waals surface area contributed by atoms with E-state index in [0.29, 0.717) is 6.61 Å². The van der Waals surface area contributed by atoms with E-state index in [1.165, 1.54) is 4.31 Å². The highest BCUT2D eigenvalue weighted by Gasteiger charge is 2.27. The summed E-state index contributed by atoms with van der Waals surface area (Å²) < 4.78 is 31.5. The lowest BCUT2D eigenvalue weighted by Gasteiger charge is -2.23. The summed E-state index contributed by atoms with van der Waals surface area (Å²) in [6, 6.07) is 5.78. The van der Waals surface area contributed by atoms with Gasteiger partial charge in [0.15, 0.2) is 0 Å². The molecular formula is C14H21NO3S. The summed E-state index contributed by atoms with van der Waals surface area (Å²) in [4.78, 5) is 0. The van der Waals surface area contributed by atoms with Crippen LogP contribution in [0.1, 0.15) is 24.0 Å². The number of anilines is 1. The number of rotatable bonds is 4. The molecule has 1 aliphatic rings. The van der Waals surface area contributed by atoms with Gasteiger partial charge in [0.2, 0.25) is 10.0 Å². The zero-order chi connectivity index (χ0) is 14.0. The molecule has 19 heavy (non-hydrogen) atoms. The largest absolute Gasteiger partial charge is 0.377 e. The van der Waals surface area contributed by atoms with E-state index in [-0.39, 0.29) is 11.9 Å². The molecule has 0 N–H and O–H groups in total. The van der Waals surface area contributed by atoms with Gasteiger partial charge in [-0.3, -0.25) is 4.31 Å². The normalized spacial score (nSPS) is 19.6. The molecule has 5 heteroatoms. The number of benzene rings is 1. The van der Waals surface area contributed by atoms with Crippen LogP contribution in [-0.4, -0.2) is 33.9 Å². The first-order valence-electron chi connectivity index (χ1n) is 6.55. The highest BCUT2D eigenvalue weighted by atomic mass is 32.2. The zero-order valence-electron chi connectivity index (χ0n) is 11.7. The summed E-state index contributed by atoms with van der Waals surface area (Å²) in [6.45, 7) is 4.60. The molecule has 0 aromatic heterocycles. The third-order valence-electron chi connectivity index (χ3n) is 3.53. The van der Waals surface area contributed by atoms with Crippen molar-refractivity contribution < 1.29 is 13.2 Å². The van der Waals surface area contributed by atoms with Gasteiger partial charge in [-0.15, -0.1) is 0 Å². The summed E-state index contributed by atoms with van der Waals surface area (Å²) in [5, 5.41) is 0. The Balaban J connectivity index is 2.19. The van der Waals surface area contributed by atoms with Crippen molar-refractivity contribution in [1.82, 2.24) is 0 Å². The molecule has 0 spiro atoms. The number of sulfonamides is 1. The van der Waals surface area contributed by atoms with Crippen molar-refractivity contribution >= 4 is 15.7 Å². The van der Waals surface area contributed by atoms with Gasteiger partial charge in [0.05, 0.1) is 17.5 Å². The monoisotopic (exact) mass is 283 g/mol. The van der Waals surface area contributed by atoms with Crippen LogP contribution in [0.2, 0.25) is 0 Å². The summed E-state index contributed by atoms with van der Waals surface area (Å²) >= 11 is 0. The van der Waals surface area contributed by atoms with Crippen molar-refractivity contribution in [2.24, 2.45) is 0 Å². The molecule has 1 aromatic carbocycles. The van der Waals surface area contributed by atoms with Gasteiger partial charge in [-0.1, -0.05) is 17.7 Å². The minimum atomic E-state index is -3.32. The molecule has 1 aromatic rings. The van der Waals surface area contributed by atoms with Gasteiger partial charge in [0.1, 0.15) is 0 Å². The standard InChI is InChI=1S/C14H21NO3S/c1-11-6-7-14(12(2)9-11)15(3)19(16,17)10-13-5-4-8-18-13/h6-7,9,13H,4-5,8,10H2,1-3H3/t13-/m1/s1. The number of nitrogens with zero attached hydrogens (tertiary/aromatic N) is 1. The van der Waals surface area contributed by atoms with E-state index < -0.39 is 10.0 Å². The Labute approximate surface area is 115 Å². The third-order valence-corrected chi connectivity index (χ3v) is 5.35. The second-order valence-corrected chi connectivity index (χ2v) is 7.22. The van der Waals surface area contributed by atoms with Crippen LogP contribution >= 0.6 is 0 Å². The Morgan fingerprint density at radius 3 is 2.68 bits per heavy atom. The molecule has 0 saturated carbocycles. The van der Waals surface area contributed by atoms with Crippen LogP contribution in [0.15, 0.2) is 18.2 Å². The fraction of sp³-hybridized carbons (Fsp3) is 0.571. The molecule has 0 amide bonds. The Morgan fingerprint density at radius 1 is 1.37 bits per heavy atom. The fourth-order valence-corrected chi connectivity index (χ4v) is 3.89. The van der Waals surface area contributed by atoms with Crippen LogP contribution in [-0.2, 0) is 14.8 Å². The van der Waals surface area contributed by atoms with E-state index in [4.69, 9.17) is 4.74 Å². The van der Waals surface area contributed by atoms with Gasteiger partial charge < -0.3 is 4.74 Å². The molecule has 2 rings (SSSR count). The lowest BCUT2D eigenvalue weighted by Crippen LogP contribution is -2.34. The average molecular weight is 283 g/mol. The first-order chi connectivity index (χ1) is 8.90. The Kier molecular flexibility index (Phi) is 4.16. The summed E-state index contributed by atoms with van der Waals surface area (Å²) in [7, 11) is -1.71. The van der Waals surface area contributed by atoms with Gasteiger partial charge in [-0.05, 0) is 38.3 Å². The maximum absolute atomic E-state index is 12.4. The molecule has 0 unspecified atom stereocenters. The molecule has 0 bridgehead atoms. The Hall–Kier alpha value is -1.07. The van der Waals surface area contributed by atoms with Crippen molar-refractivity contribution in [3.05, 3.63) is 29.3 Å². The lowest BCUT2D eigenvalue weighted by molar-refractivity contribution is 0.127. The maximum atomic E-state index is 12.4. The van der Waals surface area contributed by atoms with E-state index >= 15 is 0 Å². The number of aryl methyl sites for hydroxylation is 2. The molecule has 1 fully saturated rings. The third kappa shape index (κ3) is 3.28. The molecule has 0 aliphatic carbocycles. The minimum Gasteiger partial charge on any atom is -0.377 e. The first-order valence-corrected chi connectivity index (χ1v) is 8.16. The highest BCUT2D eigenvalue weighted by molar-refractivity contribution is 7.92. The quantitative estimate of drug-likeness (QED) is 0.851. The van der Waals surface area contributed by atoms with Crippen LogP contribution in [0, 0.1) is 13.8 Å². The first kappa shape index (κ1) is 14.3. The summed E-state index contributed by atoms with van der Waals surface area (Å²) in [5.41, 5.74) is 2.84. The lowest BCUT2D eigenvalue weighted by atomic mass is 10.1. The number of hydrogen-bond donors (Lipinski definition) is 0. The highest BCUT2D eigenvalue weighted by Crippen LogP contribution is 2.24. The zero-order valence-corrected chi connectivity index (χ0v) is 12.5. The fourth-order valence-electron chi connectivity index (χ4n) is 2.43.